The molecule has 5 rings (SSSR count). The van der Waals surface area contributed by atoms with Crippen molar-refractivity contribution in [2.75, 3.05) is 41.3 Å². The summed E-state index contributed by atoms with van der Waals surface area (Å²) < 4.78 is 1.85. The van der Waals surface area contributed by atoms with E-state index < -0.39 is 0 Å². The molecule has 7 nitrogen and oxygen atoms in total. The second-order valence-corrected chi connectivity index (χ2v) is 8.17. The fraction of sp³-hybridized carbons (Fsp3) is 0.500. The van der Waals surface area contributed by atoms with Crippen LogP contribution in [0.15, 0.2) is 36.5 Å². The Balaban J connectivity index is 1.38. The topological polar surface area (TPSA) is 62.1 Å². The Hall–Kier alpha value is -2.83. The van der Waals surface area contributed by atoms with Gasteiger partial charge in [-0.15, -0.1) is 0 Å². The van der Waals surface area contributed by atoms with Crippen LogP contribution in [-0.4, -0.2) is 52.0 Å². The molecule has 29 heavy (non-hydrogen) atoms. The Kier molecular flexibility index (Phi) is 4.96. The van der Waals surface area contributed by atoms with Crippen molar-refractivity contribution in [2.45, 2.75) is 38.1 Å². The van der Waals surface area contributed by atoms with Gasteiger partial charge in [0, 0.05) is 45.0 Å². The number of rotatable bonds is 4. The Bertz CT molecular complexity index is 954. The molecule has 1 aromatic carbocycles. The van der Waals surface area contributed by atoms with E-state index >= 15 is 0 Å². The van der Waals surface area contributed by atoms with Crippen LogP contribution in [0.1, 0.15) is 32.1 Å². The number of hydrogen-bond donors (Lipinski definition) is 1. The number of anilines is 3. The third-order valence-electron chi connectivity index (χ3n) is 6.21. The fourth-order valence-corrected chi connectivity index (χ4v) is 4.51. The predicted octanol–water partition coefficient (Wildman–Crippen LogP) is 3.43. The first-order valence-electron chi connectivity index (χ1n) is 10.8. The monoisotopic (exact) mass is 391 g/mol. The summed E-state index contributed by atoms with van der Waals surface area (Å²) in [5.41, 5.74) is 2.19. The van der Waals surface area contributed by atoms with E-state index in [0.29, 0.717) is 6.04 Å². The number of nitrogens with one attached hydrogen (secondary N) is 1. The van der Waals surface area contributed by atoms with Gasteiger partial charge in [-0.05, 0) is 25.0 Å². The highest BCUT2D eigenvalue weighted by Gasteiger charge is 2.23. The Morgan fingerprint density at radius 1 is 0.897 bits per heavy atom. The van der Waals surface area contributed by atoms with Crippen molar-refractivity contribution in [1.29, 1.82) is 0 Å². The van der Waals surface area contributed by atoms with Crippen molar-refractivity contribution in [1.82, 2.24) is 19.7 Å². The van der Waals surface area contributed by atoms with E-state index in [-0.39, 0.29) is 0 Å². The molecule has 0 radical (unpaired) electrons. The van der Waals surface area contributed by atoms with Gasteiger partial charge in [0.2, 0.25) is 5.95 Å². The number of piperazine rings is 1. The maximum Gasteiger partial charge on any atom is 0.229 e. The first kappa shape index (κ1) is 18.2. The second kappa shape index (κ2) is 7.89. The minimum absolute atomic E-state index is 0.504. The van der Waals surface area contributed by atoms with Crippen molar-refractivity contribution < 1.29 is 0 Å². The van der Waals surface area contributed by atoms with Gasteiger partial charge in [-0.25, -0.2) is 0 Å². The van der Waals surface area contributed by atoms with E-state index in [1.807, 2.05) is 17.9 Å². The average molecular weight is 392 g/mol. The highest BCUT2D eigenvalue weighted by Crippen LogP contribution is 2.28. The van der Waals surface area contributed by atoms with E-state index in [0.717, 1.165) is 49.0 Å². The van der Waals surface area contributed by atoms with Crippen molar-refractivity contribution >= 4 is 28.5 Å². The largest absolute Gasteiger partial charge is 0.368 e. The minimum Gasteiger partial charge on any atom is -0.368 e. The van der Waals surface area contributed by atoms with Crippen LogP contribution in [-0.2, 0) is 7.05 Å². The molecule has 3 heterocycles. The Labute approximate surface area is 171 Å². The first-order valence-corrected chi connectivity index (χ1v) is 10.8. The van der Waals surface area contributed by atoms with Crippen LogP contribution in [0.5, 0.6) is 0 Å². The zero-order valence-electron chi connectivity index (χ0n) is 17.1. The lowest BCUT2D eigenvalue weighted by Crippen LogP contribution is -2.47. The SMILES string of the molecule is Cn1ncc2c(NC3CCCCC3)nc(N3CCN(c4ccccc4)CC3)nc21. The molecule has 0 atom stereocenters. The molecular weight excluding hydrogens is 362 g/mol. The van der Waals surface area contributed by atoms with Crippen molar-refractivity contribution in [3.8, 4) is 0 Å². The van der Waals surface area contributed by atoms with E-state index in [9.17, 15) is 0 Å². The second-order valence-electron chi connectivity index (χ2n) is 8.17. The number of hydrogen-bond acceptors (Lipinski definition) is 6. The summed E-state index contributed by atoms with van der Waals surface area (Å²) in [7, 11) is 1.96. The van der Waals surface area contributed by atoms with Gasteiger partial charge in [-0.1, -0.05) is 37.5 Å². The van der Waals surface area contributed by atoms with Crippen molar-refractivity contribution in [2.24, 2.45) is 7.05 Å². The van der Waals surface area contributed by atoms with Gasteiger partial charge in [0.1, 0.15) is 5.82 Å². The van der Waals surface area contributed by atoms with Crippen LogP contribution in [0.4, 0.5) is 17.5 Å². The standard InChI is InChI=1S/C22H29N7/c1-27-21-19(16-23-27)20(24-17-8-4-2-5-9-17)25-22(26-21)29-14-12-28(13-15-29)18-10-6-3-7-11-18/h3,6-7,10-11,16-17H,2,4-5,8-9,12-15H2,1H3,(H,24,25,26). The molecule has 152 valence electrons. The van der Waals surface area contributed by atoms with E-state index in [4.69, 9.17) is 9.97 Å². The molecule has 0 spiro atoms. The highest BCUT2D eigenvalue weighted by atomic mass is 15.4. The van der Waals surface area contributed by atoms with Crippen LogP contribution in [0.25, 0.3) is 11.0 Å². The zero-order chi connectivity index (χ0) is 19.6. The summed E-state index contributed by atoms with van der Waals surface area (Å²) in [6.07, 6.45) is 8.27. The molecule has 2 fully saturated rings. The average Bonchev–Trinajstić information content (AvgIpc) is 3.16. The summed E-state index contributed by atoms with van der Waals surface area (Å²) in [5, 5.41) is 9.16. The number of para-hydroxylation sites is 1. The lowest BCUT2D eigenvalue weighted by Gasteiger charge is -2.36. The number of aromatic nitrogens is 4. The molecule has 3 aromatic rings. The van der Waals surface area contributed by atoms with Crippen LogP contribution in [0.3, 0.4) is 0 Å². The lowest BCUT2D eigenvalue weighted by molar-refractivity contribution is 0.462. The van der Waals surface area contributed by atoms with Crippen LogP contribution in [0, 0.1) is 0 Å². The van der Waals surface area contributed by atoms with Crippen LogP contribution in [0.2, 0.25) is 0 Å². The molecule has 1 saturated heterocycles. The molecule has 1 saturated carbocycles. The zero-order valence-corrected chi connectivity index (χ0v) is 17.1. The summed E-state index contributed by atoms with van der Waals surface area (Å²) in [6, 6.07) is 11.1. The maximum absolute atomic E-state index is 4.96. The Morgan fingerprint density at radius 2 is 1.62 bits per heavy atom. The summed E-state index contributed by atoms with van der Waals surface area (Å²) in [5.74, 6) is 1.75. The fourth-order valence-electron chi connectivity index (χ4n) is 4.51. The molecule has 2 aliphatic rings. The number of nitrogens with zero attached hydrogens (tertiary/aromatic N) is 6. The van der Waals surface area contributed by atoms with Crippen LogP contribution >= 0.6 is 0 Å². The highest BCUT2D eigenvalue weighted by molar-refractivity contribution is 5.87. The summed E-state index contributed by atoms with van der Waals surface area (Å²) >= 11 is 0. The first-order chi connectivity index (χ1) is 14.3. The van der Waals surface area contributed by atoms with Crippen molar-refractivity contribution in [3.63, 3.8) is 0 Å². The minimum atomic E-state index is 0.504. The summed E-state index contributed by atoms with van der Waals surface area (Å²) in [4.78, 5) is 14.6. The molecule has 1 aliphatic carbocycles. The molecule has 0 unspecified atom stereocenters. The third kappa shape index (κ3) is 3.73. The van der Waals surface area contributed by atoms with Crippen LogP contribution < -0.4 is 15.1 Å². The van der Waals surface area contributed by atoms with Gasteiger partial charge < -0.3 is 15.1 Å². The van der Waals surface area contributed by atoms with Gasteiger partial charge >= 0.3 is 0 Å². The molecule has 0 amide bonds. The molecule has 1 N–H and O–H groups in total. The van der Waals surface area contributed by atoms with Gasteiger partial charge in [-0.2, -0.15) is 15.1 Å². The Morgan fingerprint density at radius 3 is 2.38 bits per heavy atom. The maximum atomic E-state index is 4.96. The van der Waals surface area contributed by atoms with E-state index in [1.54, 1.807) is 0 Å². The smallest absolute Gasteiger partial charge is 0.229 e. The predicted molar refractivity (Wildman–Crippen MR) is 118 cm³/mol. The number of benzene rings is 1. The normalized spacial score (nSPS) is 18.4. The van der Waals surface area contributed by atoms with Gasteiger partial charge in [0.25, 0.3) is 0 Å². The molecule has 0 bridgehead atoms. The lowest BCUT2D eigenvalue weighted by atomic mass is 9.95. The van der Waals surface area contributed by atoms with Gasteiger partial charge in [0.15, 0.2) is 5.65 Å². The summed E-state index contributed by atoms with van der Waals surface area (Å²) in [6.45, 7) is 3.78. The van der Waals surface area contributed by atoms with Gasteiger partial charge in [0.05, 0.1) is 11.6 Å². The molecule has 1 aliphatic heterocycles. The molecule has 2 aromatic heterocycles. The molecule has 7 heteroatoms. The van der Waals surface area contributed by atoms with E-state index in [2.05, 4.69) is 50.5 Å². The third-order valence-corrected chi connectivity index (χ3v) is 6.21. The number of aryl methyl sites for hydroxylation is 1. The van der Waals surface area contributed by atoms with Gasteiger partial charge in [-0.3, -0.25) is 4.68 Å². The van der Waals surface area contributed by atoms with E-state index in [1.165, 1.54) is 37.8 Å². The quantitative estimate of drug-likeness (QED) is 0.735. The number of fused-ring (bicyclic) bond motifs is 1. The van der Waals surface area contributed by atoms with Crippen molar-refractivity contribution in [3.05, 3.63) is 36.5 Å². The molecular formula is C22H29N7.